The summed E-state index contributed by atoms with van der Waals surface area (Å²) in [4.78, 5) is 10.6. The second-order valence-electron chi connectivity index (χ2n) is 2.98. The van der Waals surface area contributed by atoms with Crippen LogP contribution in [-0.4, -0.2) is 11.1 Å². The quantitative estimate of drug-likeness (QED) is 0.613. The van der Waals surface area contributed by atoms with Crippen LogP contribution in [0.5, 0.6) is 0 Å². The van der Waals surface area contributed by atoms with Crippen LogP contribution in [0.25, 0.3) is 0 Å². The summed E-state index contributed by atoms with van der Waals surface area (Å²) in [6, 6.07) is 0. The first-order valence-corrected chi connectivity index (χ1v) is 3.68. The minimum Gasteiger partial charge on any atom is -0.481 e. The Morgan fingerprint density at radius 2 is 2.36 bits per heavy atom. The smallest absolute Gasteiger partial charge is 0.307 e. The van der Waals surface area contributed by atoms with E-state index in [0.29, 0.717) is 6.42 Å². The van der Waals surface area contributed by atoms with E-state index >= 15 is 0 Å². The van der Waals surface area contributed by atoms with Crippen molar-refractivity contribution in [2.24, 2.45) is 11.8 Å². The molecule has 0 heterocycles. The predicted octanol–water partition coefficient (Wildman–Crippen LogP) is 1.84. The van der Waals surface area contributed by atoms with Crippen molar-refractivity contribution in [2.45, 2.75) is 13.3 Å². The van der Waals surface area contributed by atoms with Crippen LogP contribution < -0.4 is 0 Å². The van der Waals surface area contributed by atoms with Crippen molar-refractivity contribution in [3.05, 3.63) is 24.3 Å². The summed E-state index contributed by atoms with van der Waals surface area (Å²) < 4.78 is 0. The van der Waals surface area contributed by atoms with Crippen LogP contribution in [0, 0.1) is 11.8 Å². The summed E-state index contributed by atoms with van der Waals surface area (Å²) in [7, 11) is 0. The first-order valence-electron chi connectivity index (χ1n) is 3.68. The molecular formula is C9H12O2. The third-order valence-electron chi connectivity index (χ3n) is 2.05. The Hall–Kier alpha value is -1.05. The van der Waals surface area contributed by atoms with Crippen LogP contribution in [0.4, 0.5) is 0 Å². The zero-order valence-corrected chi connectivity index (χ0v) is 6.58. The Morgan fingerprint density at radius 3 is 2.73 bits per heavy atom. The highest BCUT2D eigenvalue weighted by Crippen LogP contribution is 2.30. The monoisotopic (exact) mass is 152 g/mol. The van der Waals surface area contributed by atoms with Gasteiger partial charge in [-0.1, -0.05) is 24.3 Å². The number of hydrogen-bond donors (Lipinski definition) is 1. The number of hydrogen-bond acceptors (Lipinski definition) is 1. The Morgan fingerprint density at radius 1 is 1.73 bits per heavy atom. The van der Waals surface area contributed by atoms with E-state index in [2.05, 4.69) is 6.58 Å². The number of carboxylic acids is 1. The number of aliphatic carboxylic acids is 1. The molecule has 0 spiro atoms. The van der Waals surface area contributed by atoms with E-state index in [1.165, 1.54) is 0 Å². The first-order chi connectivity index (χ1) is 5.13. The fourth-order valence-electron chi connectivity index (χ4n) is 1.41. The van der Waals surface area contributed by atoms with Crippen molar-refractivity contribution >= 4 is 5.97 Å². The van der Waals surface area contributed by atoms with Crippen LogP contribution in [0.2, 0.25) is 0 Å². The van der Waals surface area contributed by atoms with E-state index in [1.807, 2.05) is 19.1 Å². The van der Waals surface area contributed by atoms with Crippen LogP contribution in [0.1, 0.15) is 13.3 Å². The van der Waals surface area contributed by atoms with Gasteiger partial charge in [0.15, 0.2) is 0 Å². The van der Waals surface area contributed by atoms with Gasteiger partial charge in [0.1, 0.15) is 0 Å². The molecule has 0 amide bonds. The highest BCUT2D eigenvalue weighted by molar-refractivity contribution is 5.72. The summed E-state index contributed by atoms with van der Waals surface area (Å²) >= 11 is 0. The topological polar surface area (TPSA) is 37.3 Å². The van der Waals surface area contributed by atoms with Crippen molar-refractivity contribution in [1.82, 2.24) is 0 Å². The maximum Gasteiger partial charge on any atom is 0.307 e. The lowest BCUT2D eigenvalue weighted by atomic mass is 9.90. The minimum absolute atomic E-state index is 0.0486. The number of carboxylic acid groups (broad SMARTS) is 1. The molecule has 0 saturated heterocycles. The number of carbonyl (C=O) groups is 1. The van der Waals surface area contributed by atoms with Crippen LogP contribution in [0.3, 0.4) is 0 Å². The Labute approximate surface area is 66.2 Å². The molecule has 0 bridgehead atoms. The van der Waals surface area contributed by atoms with Crippen molar-refractivity contribution in [2.75, 3.05) is 0 Å². The fraction of sp³-hybridized carbons (Fsp3) is 0.444. The Balaban J connectivity index is 2.71. The van der Waals surface area contributed by atoms with Gasteiger partial charge in [-0.15, -0.1) is 0 Å². The van der Waals surface area contributed by atoms with Crippen LogP contribution >= 0.6 is 0 Å². The largest absolute Gasteiger partial charge is 0.481 e. The standard InChI is InChI=1S/C9H12O2/c1-6(2)7-4-3-5-8(7)9(10)11/h3-4,7-8H,1,5H2,2H3,(H,10,11)/t7-,8-/m0/s1. The van der Waals surface area contributed by atoms with Gasteiger partial charge in [0, 0.05) is 5.92 Å². The third-order valence-corrected chi connectivity index (χ3v) is 2.05. The van der Waals surface area contributed by atoms with E-state index in [1.54, 1.807) is 0 Å². The second kappa shape index (κ2) is 2.91. The van der Waals surface area contributed by atoms with Gasteiger partial charge in [0.2, 0.25) is 0 Å². The van der Waals surface area contributed by atoms with Gasteiger partial charge in [-0.25, -0.2) is 0 Å². The lowest BCUT2D eigenvalue weighted by molar-refractivity contribution is -0.142. The van der Waals surface area contributed by atoms with E-state index < -0.39 is 5.97 Å². The zero-order chi connectivity index (χ0) is 8.43. The SMILES string of the molecule is C=C(C)[C@@H]1C=CC[C@@H]1C(=O)O. The Kier molecular flexibility index (Phi) is 2.13. The van der Waals surface area contributed by atoms with Crippen molar-refractivity contribution in [1.29, 1.82) is 0 Å². The molecule has 1 N–H and O–H groups in total. The molecule has 0 aromatic heterocycles. The van der Waals surface area contributed by atoms with Gasteiger partial charge in [-0.05, 0) is 13.3 Å². The van der Waals surface area contributed by atoms with Crippen LogP contribution in [0.15, 0.2) is 24.3 Å². The molecule has 0 radical (unpaired) electrons. The second-order valence-corrected chi connectivity index (χ2v) is 2.98. The van der Waals surface area contributed by atoms with Gasteiger partial charge in [-0.3, -0.25) is 4.79 Å². The summed E-state index contributed by atoms with van der Waals surface area (Å²) in [5.74, 6) is -0.942. The van der Waals surface area contributed by atoms with E-state index in [0.717, 1.165) is 5.57 Å². The van der Waals surface area contributed by atoms with Crippen molar-refractivity contribution in [3.63, 3.8) is 0 Å². The average Bonchev–Trinajstić information content (AvgIpc) is 2.32. The maximum atomic E-state index is 10.6. The lowest BCUT2D eigenvalue weighted by Gasteiger charge is -2.14. The highest BCUT2D eigenvalue weighted by Gasteiger charge is 2.28. The molecule has 0 aromatic carbocycles. The van der Waals surface area contributed by atoms with Gasteiger partial charge in [0.25, 0.3) is 0 Å². The number of allylic oxidation sites excluding steroid dienone is 3. The minimum atomic E-state index is -0.719. The molecule has 0 unspecified atom stereocenters. The summed E-state index contributed by atoms with van der Waals surface area (Å²) in [6.07, 6.45) is 4.49. The van der Waals surface area contributed by atoms with Gasteiger partial charge in [-0.2, -0.15) is 0 Å². The summed E-state index contributed by atoms with van der Waals surface area (Å²) in [5, 5.41) is 8.75. The third kappa shape index (κ3) is 1.50. The molecule has 0 aliphatic heterocycles. The molecule has 1 rings (SSSR count). The van der Waals surface area contributed by atoms with Crippen molar-refractivity contribution < 1.29 is 9.90 Å². The Bertz CT molecular complexity index is 216. The molecule has 2 atom stereocenters. The fourth-order valence-corrected chi connectivity index (χ4v) is 1.41. The molecule has 0 aromatic rings. The molecular weight excluding hydrogens is 140 g/mol. The lowest BCUT2D eigenvalue weighted by Crippen LogP contribution is -2.18. The summed E-state index contributed by atoms with van der Waals surface area (Å²) in [6.45, 7) is 5.63. The van der Waals surface area contributed by atoms with E-state index in [9.17, 15) is 4.79 Å². The highest BCUT2D eigenvalue weighted by atomic mass is 16.4. The van der Waals surface area contributed by atoms with Gasteiger partial charge in [0.05, 0.1) is 5.92 Å². The van der Waals surface area contributed by atoms with Crippen LogP contribution in [-0.2, 0) is 4.79 Å². The average molecular weight is 152 g/mol. The number of rotatable bonds is 2. The summed E-state index contributed by atoms with van der Waals surface area (Å²) in [5.41, 5.74) is 0.936. The predicted molar refractivity (Wildman–Crippen MR) is 43.2 cm³/mol. The molecule has 1 aliphatic rings. The van der Waals surface area contributed by atoms with E-state index in [4.69, 9.17) is 5.11 Å². The first kappa shape index (κ1) is 8.05. The molecule has 60 valence electrons. The molecule has 0 fully saturated rings. The normalized spacial score (nSPS) is 28.8. The molecule has 11 heavy (non-hydrogen) atoms. The van der Waals surface area contributed by atoms with Gasteiger partial charge >= 0.3 is 5.97 Å². The molecule has 1 aliphatic carbocycles. The zero-order valence-electron chi connectivity index (χ0n) is 6.58. The van der Waals surface area contributed by atoms with Crippen molar-refractivity contribution in [3.8, 4) is 0 Å². The molecule has 0 saturated carbocycles. The van der Waals surface area contributed by atoms with Gasteiger partial charge < -0.3 is 5.11 Å². The molecule has 2 nitrogen and oxygen atoms in total. The maximum absolute atomic E-state index is 10.6. The molecule has 2 heteroatoms. The van der Waals surface area contributed by atoms with E-state index in [-0.39, 0.29) is 11.8 Å².